The third kappa shape index (κ3) is 4.45. The van der Waals surface area contributed by atoms with E-state index in [9.17, 15) is 13.9 Å². The molecule has 2 aliphatic heterocycles. The van der Waals surface area contributed by atoms with Crippen molar-refractivity contribution in [3.05, 3.63) is 34.0 Å². The minimum atomic E-state index is -1.48. The summed E-state index contributed by atoms with van der Waals surface area (Å²) in [7, 11) is 0. The molecule has 6 nitrogen and oxygen atoms in total. The summed E-state index contributed by atoms with van der Waals surface area (Å²) < 4.78 is 27.7. The first kappa shape index (κ1) is 19.6. The second-order valence-corrected chi connectivity index (χ2v) is 8.33. The molecular weight excluding hydrogens is 479 g/mol. The van der Waals surface area contributed by atoms with E-state index < -0.39 is 12.3 Å². The Morgan fingerprint density at radius 1 is 1.04 bits per heavy atom. The van der Waals surface area contributed by atoms with Crippen molar-refractivity contribution < 1.29 is 13.9 Å². The third-order valence-corrected chi connectivity index (χ3v) is 5.63. The zero-order chi connectivity index (χ0) is 19.7. The predicted octanol–water partition coefficient (Wildman–Crippen LogP) is 3.28. The third-order valence-electron chi connectivity index (χ3n) is 5.07. The molecule has 0 bridgehead atoms. The van der Waals surface area contributed by atoms with Crippen molar-refractivity contribution in [2.75, 3.05) is 41.3 Å². The van der Waals surface area contributed by atoms with E-state index in [1.807, 2.05) is 24.3 Å². The van der Waals surface area contributed by atoms with E-state index in [1.54, 1.807) is 11.0 Å². The summed E-state index contributed by atoms with van der Waals surface area (Å²) in [5.41, 5.74) is 1.89. The summed E-state index contributed by atoms with van der Waals surface area (Å²) in [5.74, 6) is 0.907. The average molecular weight is 501 g/mol. The van der Waals surface area contributed by atoms with Gasteiger partial charge in [-0.25, -0.2) is 13.8 Å². The topological polar surface area (TPSA) is 64.5 Å². The maximum atomic E-state index is 13.5. The number of aliphatic hydroxyl groups excluding tert-OH is 1. The van der Waals surface area contributed by atoms with Crippen LogP contribution in [-0.2, 0) is 0 Å². The number of aliphatic hydroxyl groups is 1. The SMILES string of the molecule is OC1CCCN(c2ccc(Nc3nc(I)cc(N4C[C@H](F)[C@@H](F)C4)n3)cc2)C1. The maximum Gasteiger partial charge on any atom is 0.230 e. The highest BCUT2D eigenvalue weighted by atomic mass is 127. The van der Waals surface area contributed by atoms with Gasteiger partial charge in [-0.15, -0.1) is 0 Å². The number of hydrogen-bond donors (Lipinski definition) is 2. The van der Waals surface area contributed by atoms with Crippen LogP contribution < -0.4 is 15.1 Å². The molecule has 1 aromatic heterocycles. The number of alkyl halides is 2. The molecule has 1 aromatic carbocycles. The molecule has 0 amide bonds. The van der Waals surface area contributed by atoms with Crippen molar-refractivity contribution >= 4 is 45.7 Å². The first-order valence-corrected chi connectivity index (χ1v) is 10.4. The molecule has 3 heterocycles. The summed E-state index contributed by atoms with van der Waals surface area (Å²) in [6.07, 6.45) is -1.40. The predicted molar refractivity (Wildman–Crippen MR) is 114 cm³/mol. The molecule has 9 heteroatoms. The van der Waals surface area contributed by atoms with Crippen molar-refractivity contribution in [3.63, 3.8) is 0 Å². The van der Waals surface area contributed by atoms with E-state index in [0.717, 1.165) is 30.8 Å². The summed E-state index contributed by atoms with van der Waals surface area (Å²) >= 11 is 2.07. The standard InChI is InChI=1S/C19H22F2IN5O/c20-15-10-27(11-16(15)21)18-8-17(22)24-19(25-18)23-12-3-5-13(6-4-12)26-7-1-2-14(28)9-26/h3-6,8,14-16,28H,1-2,7,9-11H2,(H,23,24,25)/t14?,15-,16-/m0/s1. The molecule has 28 heavy (non-hydrogen) atoms. The molecule has 2 fully saturated rings. The van der Waals surface area contributed by atoms with Gasteiger partial charge in [0, 0.05) is 30.5 Å². The van der Waals surface area contributed by atoms with Gasteiger partial charge in [-0.3, -0.25) is 0 Å². The van der Waals surface area contributed by atoms with Gasteiger partial charge in [0.1, 0.15) is 9.52 Å². The highest BCUT2D eigenvalue weighted by Gasteiger charge is 2.33. The molecule has 2 N–H and O–H groups in total. The summed E-state index contributed by atoms with van der Waals surface area (Å²) in [5, 5.41) is 13.0. The van der Waals surface area contributed by atoms with Crippen LogP contribution in [0.25, 0.3) is 0 Å². The largest absolute Gasteiger partial charge is 0.391 e. The Bertz CT molecular complexity index is 814. The Morgan fingerprint density at radius 2 is 1.75 bits per heavy atom. The lowest BCUT2D eigenvalue weighted by atomic mass is 10.1. The van der Waals surface area contributed by atoms with E-state index >= 15 is 0 Å². The molecule has 2 saturated heterocycles. The van der Waals surface area contributed by atoms with E-state index in [0.29, 0.717) is 22.0 Å². The van der Waals surface area contributed by atoms with Gasteiger partial charge in [-0.05, 0) is 59.7 Å². The first-order chi connectivity index (χ1) is 13.5. The van der Waals surface area contributed by atoms with Crippen LogP contribution in [0.15, 0.2) is 30.3 Å². The van der Waals surface area contributed by atoms with Crippen LogP contribution >= 0.6 is 22.6 Å². The number of nitrogens with one attached hydrogen (secondary N) is 1. The number of rotatable bonds is 4. The second-order valence-electron chi connectivity index (χ2n) is 7.22. The molecule has 0 spiro atoms. The Labute approximate surface area is 176 Å². The van der Waals surface area contributed by atoms with Crippen LogP contribution in [-0.4, -0.2) is 59.7 Å². The van der Waals surface area contributed by atoms with Crippen molar-refractivity contribution in [2.24, 2.45) is 0 Å². The van der Waals surface area contributed by atoms with Gasteiger partial charge < -0.3 is 20.2 Å². The van der Waals surface area contributed by atoms with Gasteiger partial charge in [-0.2, -0.15) is 4.98 Å². The number of nitrogens with zero attached hydrogens (tertiary/aromatic N) is 4. The monoisotopic (exact) mass is 501 g/mol. The number of benzene rings is 1. The Kier molecular flexibility index (Phi) is 5.81. The van der Waals surface area contributed by atoms with E-state index in [2.05, 4.69) is 42.8 Å². The van der Waals surface area contributed by atoms with Gasteiger partial charge in [-0.1, -0.05) is 0 Å². The molecule has 1 unspecified atom stereocenters. The second kappa shape index (κ2) is 8.32. The van der Waals surface area contributed by atoms with Gasteiger partial charge in [0.05, 0.1) is 19.2 Å². The summed E-state index contributed by atoms with van der Waals surface area (Å²) in [6, 6.07) is 9.59. The van der Waals surface area contributed by atoms with Crippen LogP contribution in [0.5, 0.6) is 0 Å². The fraction of sp³-hybridized carbons (Fsp3) is 0.474. The molecular formula is C19H22F2IN5O. The summed E-state index contributed by atoms with van der Waals surface area (Å²) in [6.45, 7) is 1.60. The normalized spacial score (nSPS) is 25.2. The molecule has 2 aromatic rings. The maximum absolute atomic E-state index is 13.5. The van der Waals surface area contributed by atoms with Crippen molar-refractivity contribution in [2.45, 2.75) is 31.3 Å². The zero-order valence-corrected chi connectivity index (χ0v) is 17.4. The molecule has 0 saturated carbocycles. The van der Waals surface area contributed by atoms with Crippen molar-refractivity contribution in [1.82, 2.24) is 9.97 Å². The molecule has 2 aliphatic rings. The highest BCUT2D eigenvalue weighted by Crippen LogP contribution is 2.26. The van der Waals surface area contributed by atoms with Crippen LogP contribution in [0.1, 0.15) is 12.8 Å². The van der Waals surface area contributed by atoms with Crippen molar-refractivity contribution in [1.29, 1.82) is 0 Å². The van der Waals surface area contributed by atoms with Crippen LogP contribution in [0.4, 0.5) is 31.9 Å². The number of aromatic nitrogens is 2. The fourth-order valence-corrected chi connectivity index (χ4v) is 4.12. The number of anilines is 4. The fourth-order valence-electron chi connectivity index (χ4n) is 3.61. The Morgan fingerprint density at radius 3 is 2.43 bits per heavy atom. The number of β-amino-alcohol motifs (C(OH)–C–C–N with tert-alkyl or cyclic N) is 1. The van der Waals surface area contributed by atoms with E-state index in [4.69, 9.17) is 0 Å². The lowest BCUT2D eigenvalue weighted by molar-refractivity contribution is 0.154. The van der Waals surface area contributed by atoms with Crippen LogP contribution in [0, 0.1) is 3.70 Å². The lowest BCUT2D eigenvalue weighted by Gasteiger charge is -2.32. The minimum Gasteiger partial charge on any atom is -0.391 e. The van der Waals surface area contributed by atoms with Gasteiger partial charge in [0.2, 0.25) is 5.95 Å². The number of hydrogen-bond acceptors (Lipinski definition) is 6. The van der Waals surface area contributed by atoms with Crippen LogP contribution in [0.2, 0.25) is 0 Å². The average Bonchev–Trinajstić information content (AvgIpc) is 3.01. The van der Waals surface area contributed by atoms with Crippen molar-refractivity contribution in [3.8, 4) is 0 Å². The molecule has 0 radical (unpaired) electrons. The van der Waals surface area contributed by atoms with Gasteiger partial charge >= 0.3 is 0 Å². The van der Waals surface area contributed by atoms with E-state index in [-0.39, 0.29) is 19.2 Å². The molecule has 150 valence electrons. The zero-order valence-electron chi connectivity index (χ0n) is 15.2. The Balaban J connectivity index is 1.47. The molecule has 0 aliphatic carbocycles. The smallest absolute Gasteiger partial charge is 0.230 e. The quantitative estimate of drug-likeness (QED) is 0.496. The molecule has 4 rings (SSSR count). The summed E-state index contributed by atoms with van der Waals surface area (Å²) in [4.78, 5) is 12.6. The number of piperidine rings is 1. The highest BCUT2D eigenvalue weighted by molar-refractivity contribution is 14.1. The first-order valence-electron chi connectivity index (χ1n) is 9.36. The van der Waals surface area contributed by atoms with Gasteiger partial charge in [0.25, 0.3) is 0 Å². The van der Waals surface area contributed by atoms with E-state index in [1.165, 1.54) is 0 Å². The van der Waals surface area contributed by atoms with Crippen LogP contribution in [0.3, 0.4) is 0 Å². The lowest BCUT2D eigenvalue weighted by Crippen LogP contribution is -2.38. The molecule has 3 atom stereocenters. The Hall–Kier alpha value is -1.75. The number of halogens is 3. The minimum absolute atomic E-state index is 0.00405. The van der Waals surface area contributed by atoms with Gasteiger partial charge in [0.15, 0.2) is 12.3 Å².